The maximum atomic E-state index is 13.7. The minimum absolute atomic E-state index is 0.0409. The Hall–Kier alpha value is -4.80. The molecule has 0 spiro atoms. The first-order valence-corrected chi connectivity index (χ1v) is 11.7. The van der Waals surface area contributed by atoms with Gasteiger partial charge in [0.1, 0.15) is 11.6 Å². The zero-order chi connectivity index (χ0) is 27.3. The van der Waals surface area contributed by atoms with E-state index < -0.39 is 29.4 Å². The molecule has 3 amide bonds. The molecule has 3 rings (SSSR count). The van der Waals surface area contributed by atoms with Crippen LogP contribution in [-0.4, -0.2) is 37.1 Å². The number of halogens is 2. The van der Waals surface area contributed by atoms with Gasteiger partial charge in [0.05, 0.1) is 24.2 Å². The number of hydrogen-bond donors (Lipinski definition) is 3. The Morgan fingerprint density at radius 3 is 2.03 bits per heavy atom. The van der Waals surface area contributed by atoms with Crippen LogP contribution in [0, 0.1) is 11.6 Å². The summed E-state index contributed by atoms with van der Waals surface area (Å²) < 4.78 is 38.4. The van der Waals surface area contributed by atoms with Crippen LogP contribution in [0.3, 0.4) is 0 Å². The average molecular weight is 525 g/mol. The molecule has 0 aromatic heterocycles. The van der Waals surface area contributed by atoms with Crippen LogP contribution >= 0.6 is 0 Å². The van der Waals surface area contributed by atoms with Crippen molar-refractivity contribution in [2.24, 2.45) is 5.10 Å². The number of nitrogens with one attached hydrogen (secondary N) is 3. The second kappa shape index (κ2) is 14.1. The Balaban J connectivity index is 1.48. The van der Waals surface area contributed by atoms with Crippen LogP contribution in [0.4, 0.5) is 20.2 Å². The molecule has 3 aromatic rings. The van der Waals surface area contributed by atoms with Crippen LogP contribution in [0.15, 0.2) is 71.8 Å². The monoisotopic (exact) mass is 524 g/mol. The molecule has 9 nitrogen and oxygen atoms in total. The van der Waals surface area contributed by atoms with Gasteiger partial charge in [-0.1, -0.05) is 24.3 Å². The minimum atomic E-state index is -0.566. The van der Waals surface area contributed by atoms with Gasteiger partial charge in [0.25, 0.3) is 5.91 Å². The number of anilines is 2. The van der Waals surface area contributed by atoms with Gasteiger partial charge in [-0.25, -0.2) is 14.2 Å². The Labute approximate surface area is 217 Å². The number of rotatable bonds is 12. The smallest absolute Gasteiger partial charge is 0.262 e. The molecule has 0 saturated heterocycles. The third-order valence-electron chi connectivity index (χ3n) is 4.90. The number of benzene rings is 3. The predicted octanol–water partition coefficient (Wildman–Crippen LogP) is 4.25. The van der Waals surface area contributed by atoms with E-state index in [-0.39, 0.29) is 36.6 Å². The second-order valence-corrected chi connectivity index (χ2v) is 7.78. The number of nitrogens with zero attached hydrogens (tertiary/aromatic N) is 1. The molecule has 0 unspecified atom stereocenters. The first-order valence-electron chi connectivity index (χ1n) is 11.7. The Morgan fingerprint density at radius 2 is 1.39 bits per heavy atom. The van der Waals surface area contributed by atoms with Gasteiger partial charge in [-0.15, -0.1) is 0 Å². The van der Waals surface area contributed by atoms with Gasteiger partial charge in [0.15, 0.2) is 18.1 Å². The van der Waals surface area contributed by atoms with E-state index in [0.717, 1.165) is 0 Å². The van der Waals surface area contributed by atoms with Gasteiger partial charge < -0.3 is 20.1 Å². The van der Waals surface area contributed by atoms with Crippen LogP contribution in [0.1, 0.15) is 25.3 Å². The molecule has 0 aliphatic rings. The topological polar surface area (TPSA) is 118 Å². The van der Waals surface area contributed by atoms with Gasteiger partial charge in [0, 0.05) is 12.8 Å². The first-order chi connectivity index (χ1) is 18.4. The molecular weight excluding hydrogens is 498 g/mol. The lowest BCUT2D eigenvalue weighted by Crippen LogP contribution is -2.21. The highest BCUT2D eigenvalue weighted by Gasteiger charge is 2.12. The number of ether oxygens (including phenoxy) is 2. The van der Waals surface area contributed by atoms with E-state index in [0.29, 0.717) is 17.9 Å². The summed E-state index contributed by atoms with van der Waals surface area (Å²) >= 11 is 0. The van der Waals surface area contributed by atoms with Crippen LogP contribution in [-0.2, 0) is 14.4 Å². The Morgan fingerprint density at radius 1 is 0.789 bits per heavy atom. The summed E-state index contributed by atoms with van der Waals surface area (Å²) in [5, 5.41) is 8.70. The SMILES string of the molecule is CCOc1cc(C=NNC(=O)CCC(=O)Nc2ccccc2F)ccc1OCC(=O)Nc1ccccc1F. The maximum absolute atomic E-state index is 13.7. The van der Waals surface area contributed by atoms with Gasteiger partial charge in [0.2, 0.25) is 11.8 Å². The third kappa shape index (κ3) is 8.70. The van der Waals surface area contributed by atoms with Gasteiger partial charge in [-0.2, -0.15) is 5.10 Å². The normalized spacial score (nSPS) is 10.6. The molecule has 0 heterocycles. The Kier molecular flexibility index (Phi) is 10.3. The summed E-state index contributed by atoms with van der Waals surface area (Å²) in [7, 11) is 0. The fourth-order valence-corrected chi connectivity index (χ4v) is 3.12. The van der Waals surface area contributed by atoms with Gasteiger partial charge >= 0.3 is 0 Å². The lowest BCUT2D eigenvalue weighted by atomic mass is 10.2. The molecule has 198 valence electrons. The number of carbonyl (C=O) groups excluding carboxylic acids is 3. The zero-order valence-electron chi connectivity index (χ0n) is 20.5. The van der Waals surface area contributed by atoms with Crippen molar-refractivity contribution in [2.75, 3.05) is 23.8 Å². The van der Waals surface area contributed by atoms with E-state index in [1.54, 1.807) is 37.3 Å². The summed E-state index contributed by atoms with van der Waals surface area (Å²) in [4.78, 5) is 36.1. The lowest BCUT2D eigenvalue weighted by Gasteiger charge is -2.13. The number of carbonyl (C=O) groups is 3. The van der Waals surface area contributed by atoms with E-state index >= 15 is 0 Å². The predicted molar refractivity (Wildman–Crippen MR) is 138 cm³/mol. The lowest BCUT2D eigenvalue weighted by molar-refractivity contribution is -0.124. The van der Waals surface area contributed by atoms with Crippen molar-refractivity contribution in [2.45, 2.75) is 19.8 Å². The van der Waals surface area contributed by atoms with E-state index in [9.17, 15) is 23.2 Å². The summed E-state index contributed by atoms with van der Waals surface area (Å²) in [6.07, 6.45) is 1.07. The summed E-state index contributed by atoms with van der Waals surface area (Å²) in [6.45, 7) is 1.73. The highest BCUT2D eigenvalue weighted by molar-refractivity contribution is 5.93. The quantitative estimate of drug-likeness (QED) is 0.242. The standard InChI is InChI=1S/C27H26F2N4O5/c1-2-37-24-15-18(11-12-23(24)38-17-27(36)32-22-10-6-4-8-20(22)29)16-30-33-26(35)14-13-25(34)31-21-9-5-3-7-19(21)28/h3-12,15-16H,2,13-14,17H2,1H3,(H,31,34)(H,32,36)(H,33,35). The van der Waals surface area contributed by atoms with Crippen LogP contribution in [0.5, 0.6) is 11.5 Å². The molecule has 11 heteroatoms. The van der Waals surface area contributed by atoms with Crippen molar-refractivity contribution in [3.63, 3.8) is 0 Å². The number of para-hydroxylation sites is 2. The zero-order valence-corrected chi connectivity index (χ0v) is 20.5. The molecule has 0 fully saturated rings. The van der Waals surface area contributed by atoms with E-state index in [1.165, 1.54) is 42.6 Å². The number of hydrazone groups is 1. The van der Waals surface area contributed by atoms with Crippen molar-refractivity contribution >= 4 is 35.3 Å². The summed E-state index contributed by atoms with van der Waals surface area (Å²) in [5.74, 6) is -2.05. The first kappa shape index (κ1) is 27.8. The Bertz CT molecular complexity index is 1320. The second-order valence-electron chi connectivity index (χ2n) is 7.78. The van der Waals surface area contributed by atoms with E-state index in [2.05, 4.69) is 21.2 Å². The van der Waals surface area contributed by atoms with Gasteiger partial charge in [-0.05, 0) is 55.0 Å². The molecule has 3 N–H and O–H groups in total. The molecule has 0 atom stereocenters. The molecule has 0 saturated carbocycles. The molecule has 0 bridgehead atoms. The van der Waals surface area contributed by atoms with Crippen molar-refractivity contribution in [3.05, 3.63) is 83.9 Å². The fourth-order valence-electron chi connectivity index (χ4n) is 3.12. The average Bonchev–Trinajstić information content (AvgIpc) is 2.90. The highest BCUT2D eigenvalue weighted by Crippen LogP contribution is 2.28. The summed E-state index contributed by atoms with van der Waals surface area (Å²) in [5.41, 5.74) is 2.97. The minimum Gasteiger partial charge on any atom is -0.490 e. The molecule has 38 heavy (non-hydrogen) atoms. The van der Waals surface area contributed by atoms with E-state index in [1.807, 2.05) is 0 Å². The fraction of sp³-hybridized carbons (Fsp3) is 0.185. The van der Waals surface area contributed by atoms with Crippen molar-refractivity contribution in [1.29, 1.82) is 0 Å². The highest BCUT2D eigenvalue weighted by atomic mass is 19.1. The van der Waals surface area contributed by atoms with Crippen molar-refractivity contribution in [3.8, 4) is 11.5 Å². The van der Waals surface area contributed by atoms with Crippen LogP contribution in [0.25, 0.3) is 0 Å². The van der Waals surface area contributed by atoms with Gasteiger partial charge in [-0.3, -0.25) is 14.4 Å². The summed E-state index contributed by atoms with van der Waals surface area (Å²) in [6, 6.07) is 16.3. The largest absolute Gasteiger partial charge is 0.490 e. The van der Waals surface area contributed by atoms with Crippen molar-refractivity contribution < 1.29 is 32.6 Å². The molecular formula is C27H26F2N4O5. The molecule has 0 radical (unpaired) electrons. The van der Waals surface area contributed by atoms with E-state index in [4.69, 9.17) is 9.47 Å². The van der Waals surface area contributed by atoms with Crippen LogP contribution < -0.4 is 25.5 Å². The molecule has 3 aromatic carbocycles. The third-order valence-corrected chi connectivity index (χ3v) is 4.90. The van der Waals surface area contributed by atoms with Crippen LogP contribution in [0.2, 0.25) is 0 Å². The molecule has 0 aliphatic heterocycles. The number of amides is 3. The molecule has 0 aliphatic carbocycles. The maximum Gasteiger partial charge on any atom is 0.262 e. The number of hydrogen-bond acceptors (Lipinski definition) is 6. The van der Waals surface area contributed by atoms with Crippen molar-refractivity contribution in [1.82, 2.24) is 5.43 Å².